The lowest BCUT2D eigenvalue weighted by Crippen LogP contribution is -2.26. The van der Waals surface area contributed by atoms with Crippen molar-refractivity contribution in [3.8, 4) is 0 Å². The van der Waals surface area contributed by atoms with Crippen LogP contribution in [-0.2, 0) is 6.42 Å². The summed E-state index contributed by atoms with van der Waals surface area (Å²) in [6.07, 6.45) is 0.720. The fraction of sp³-hybridized carbons (Fsp3) is 0.333. The molecule has 0 spiro atoms. The maximum absolute atomic E-state index is 11.8. The van der Waals surface area contributed by atoms with Gasteiger partial charge in [0.2, 0.25) is 0 Å². The highest BCUT2D eigenvalue weighted by Crippen LogP contribution is 2.07. The number of hydrogen-bond donors (Lipinski definition) is 2. The Morgan fingerprint density at radius 1 is 1.37 bits per heavy atom. The molecule has 100 valence electrons. The van der Waals surface area contributed by atoms with Crippen LogP contribution in [0.3, 0.4) is 0 Å². The van der Waals surface area contributed by atoms with E-state index in [0.717, 1.165) is 17.1 Å². The predicted molar refractivity (Wildman–Crippen MR) is 74.5 cm³/mol. The molecule has 2 aromatic rings. The zero-order valence-electron chi connectivity index (χ0n) is 10.8. The lowest BCUT2D eigenvalue weighted by atomic mass is 10.3. The van der Waals surface area contributed by atoms with E-state index in [9.17, 15) is 4.79 Å². The SMILES string of the molecule is CNc1ccc(C(=O)NCCc2csc(C)n2)nn1. The summed E-state index contributed by atoms with van der Waals surface area (Å²) < 4.78 is 0. The molecule has 2 aromatic heterocycles. The molecule has 0 aromatic carbocycles. The van der Waals surface area contributed by atoms with E-state index in [2.05, 4.69) is 25.8 Å². The smallest absolute Gasteiger partial charge is 0.271 e. The molecule has 0 aliphatic rings. The normalized spacial score (nSPS) is 10.2. The quantitative estimate of drug-likeness (QED) is 0.860. The molecule has 0 aliphatic carbocycles. The van der Waals surface area contributed by atoms with E-state index in [0.29, 0.717) is 18.1 Å². The van der Waals surface area contributed by atoms with Gasteiger partial charge in [-0.3, -0.25) is 4.79 Å². The molecule has 6 nitrogen and oxygen atoms in total. The second-order valence-corrected chi connectivity index (χ2v) is 4.98. The molecule has 2 rings (SSSR count). The summed E-state index contributed by atoms with van der Waals surface area (Å²) in [7, 11) is 1.75. The van der Waals surface area contributed by atoms with Crippen molar-refractivity contribution in [2.75, 3.05) is 18.9 Å². The second kappa shape index (κ2) is 6.24. The molecular formula is C12H15N5OS. The molecule has 1 amide bonds. The van der Waals surface area contributed by atoms with Gasteiger partial charge in [0.25, 0.3) is 5.91 Å². The maximum atomic E-state index is 11.8. The summed E-state index contributed by atoms with van der Waals surface area (Å²) in [5, 5.41) is 16.4. The van der Waals surface area contributed by atoms with E-state index in [1.807, 2.05) is 12.3 Å². The minimum atomic E-state index is -0.220. The van der Waals surface area contributed by atoms with Crippen LogP contribution in [0.4, 0.5) is 5.82 Å². The summed E-state index contributed by atoms with van der Waals surface area (Å²) in [6, 6.07) is 3.35. The molecule has 0 radical (unpaired) electrons. The summed E-state index contributed by atoms with van der Waals surface area (Å²) in [5.74, 6) is 0.414. The fourth-order valence-corrected chi connectivity index (χ4v) is 2.15. The molecule has 19 heavy (non-hydrogen) atoms. The van der Waals surface area contributed by atoms with Crippen LogP contribution in [-0.4, -0.2) is 34.7 Å². The number of carbonyl (C=O) groups excluding carboxylic acids is 1. The zero-order valence-corrected chi connectivity index (χ0v) is 11.6. The van der Waals surface area contributed by atoms with E-state index in [-0.39, 0.29) is 5.91 Å². The average Bonchev–Trinajstić information content (AvgIpc) is 2.84. The van der Waals surface area contributed by atoms with Crippen molar-refractivity contribution in [3.05, 3.63) is 33.9 Å². The lowest BCUT2D eigenvalue weighted by molar-refractivity contribution is 0.0948. The van der Waals surface area contributed by atoms with Crippen LogP contribution in [0.15, 0.2) is 17.5 Å². The number of anilines is 1. The van der Waals surface area contributed by atoms with Crippen molar-refractivity contribution in [3.63, 3.8) is 0 Å². The van der Waals surface area contributed by atoms with Crippen LogP contribution in [0.2, 0.25) is 0 Å². The zero-order chi connectivity index (χ0) is 13.7. The molecule has 2 N–H and O–H groups in total. The van der Waals surface area contributed by atoms with E-state index in [1.165, 1.54) is 0 Å². The van der Waals surface area contributed by atoms with Crippen molar-refractivity contribution in [1.82, 2.24) is 20.5 Å². The van der Waals surface area contributed by atoms with Gasteiger partial charge in [0.15, 0.2) is 5.69 Å². The number of hydrogen-bond acceptors (Lipinski definition) is 6. The van der Waals surface area contributed by atoms with Gasteiger partial charge in [-0.1, -0.05) is 0 Å². The van der Waals surface area contributed by atoms with Gasteiger partial charge in [0.05, 0.1) is 10.7 Å². The monoisotopic (exact) mass is 277 g/mol. The molecule has 0 fully saturated rings. The number of thiazole rings is 1. The van der Waals surface area contributed by atoms with Crippen LogP contribution in [0.25, 0.3) is 0 Å². The molecule has 0 aliphatic heterocycles. The Hall–Kier alpha value is -2.02. The number of aromatic nitrogens is 3. The largest absolute Gasteiger partial charge is 0.372 e. The van der Waals surface area contributed by atoms with Crippen LogP contribution in [0.1, 0.15) is 21.2 Å². The minimum Gasteiger partial charge on any atom is -0.372 e. The second-order valence-electron chi connectivity index (χ2n) is 3.92. The molecule has 7 heteroatoms. The summed E-state index contributed by atoms with van der Waals surface area (Å²) in [5.41, 5.74) is 1.31. The Bertz CT molecular complexity index is 552. The molecule has 0 bridgehead atoms. The molecular weight excluding hydrogens is 262 g/mol. The van der Waals surface area contributed by atoms with Crippen molar-refractivity contribution in [2.24, 2.45) is 0 Å². The van der Waals surface area contributed by atoms with Gasteiger partial charge in [-0.15, -0.1) is 21.5 Å². The first-order valence-corrected chi connectivity index (χ1v) is 6.77. The Labute approximate surface area is 115 Å². The third-order valence-corrected chi connectivity index (χ3v) is 3.31. The molecule has 2 heterocycles. The minimum absolute atomic E-state index is 0.220. The number of amides is 1. The first kappa shape index (κ1) is 13.4. The molecule has 0 saturated heterocycles. The standard InChI is InChI=1S/C12H15N5OS/c1-8-15-9(7-19-8)5-6-14-12(18)10-3-4-11(13-2)17-16-10/h3-4,7H,5-6H2,1-2H3,(H,13,17)(H,14,18). The van der Waals surface area contributed by atoms with Gasteiger partial charge in [-0.05, 0) is 19.1 Å². The van der Waals surface area contributed by atoms with E-state index < -0.39 is 0 Å². The number of nitrogens with zero attached hydrogens (tertiary/aromatic N) is 3. The highest BCUT2D eigenvalue weighted by atomic mass is 32.1. The fourth-order valence-electron chi connectivity index (χ4n) is 1.50. The summed E-state index contributed by atoms with van der Waals surface area (Å²) in [4.78, 5) is 16.1. The summed E-state index contributed by atoms with van der Waals surface area (Å²) in [6.45, 7) is 2.50. The Morgan fingerprint density at radius 3 is 2.79 bits per heavy atom. The van der Waals surface area contributed by atoms with Crippen molar-refractivity contribution < 1.29 is 4.79 Å². The van der Waals surface area contributed by atoms with Crippen LogP contribution >= 0.6 is 11.3 Å². The van der Waals surface area contributed by atoms with Crippen LogP contribution < -0.4 is 10.6 Å². The molecule has 0 saturated carbocycles. The Morgan fingerprint density at radius 2 is 2.21 bits per heavy atom. The van der Waals surface area contributed by atoms with Crippen molar-refractivity contribution >= 4 is 23.1 Å². The lowest BCUT2D eigenvalue weighted by Gasteiger charge is -2.03. The van der Waals surface area contributed by atoms with Gasteiger partial charge < -0.3 is 10.6 Å². The van der Waals surface area contributed by atoms with Crippen LogP contribution in [0, 0.1) is 6.92 Å². The number of aryl methyl sites for hydroxylation is 1. The number of nitrogens with one attached hydrogen (secondary N) is 2. The average molecular weight is 277 g/mol. The van der Waals surface area contributed by atoms with Gasteiger partial charge >= 0.3 is 0 Å². The third kappa shape index (κ3) is 3.72. The number of carbonyl (C=O) groups is 1. The Balaban J connectivity index is 1.83. The highest BCUT2D eigenvalue weighted by molar-refractivity contribution is 7.09. The first-order chi connectivity index (χ1) is 9.19. The molecule has 0 atom stereocenters. The first-order valence-electron chi connectivity index (χ1n) is 5.89. The summed E-state index contributed by atoms with van der Waals surface area (Å²) >= 11 is 1.61. The number of rotatable bonds is 5. The Kier molecular flexibility index (Phi) is 4.40. The van der Waals surface area contributed by atoms with Crippen molar-refractivity contribution in [1.29, 1.82) is 0 Å². The predicted octanol–water partition coefficient (Wildman–Crippen LogP) is 1.26. The van der Waals surface area contributed by atoms with E-state index in [4.69, 9.17) is 0 Å². The highest BCUT2D eigenvalue weighted by Gasteiger charge is 2.07. The third-order valence-electron chi connectivity index (χ3n) is 2.49. The van der Waals surface area contributed by atoms with Crippen LogP contribution in [0.5, 0.6) is 0 Å². The van der Waals surface area contributed by atoms with Gasteiger partial charge in [-0.25, -0.2) is 4.98 Å². The topological polar surface area (TPSA) is 79.8 Å². The van der Waals surface area contributed by atoms with Gasteiger partial charge in [0.1, 0.15) is 5.82 Å². The van der Waals surface area contributed by atoms with E-state index >= 15 is 0 Å². The van der Waals surface area contributed by atoms with Gasteiger partial charge in [0, 0.05) is 25.4 Å². The van der Waals surface area contributed by atoms with Gasteiger partial charge in [-0.2, -0.15) is 0 Å². The van der Waals surface area contributed by atoms with E-state index in [1.54, 1.807) is 30.5 Å². The maximum Gasteiger partial charge on any atom is 0.271 e. The molecule has 0 unspecified atom stereocenters. The van der Waals surface area contributed by atoms with Crippen molar-refractivity contribution in [2.45, 2.75) is 13.3 Å².